The summed E-state index contributed by atoms with van der Waals surface area (Å²) in [6.07, 6.45) is 5.44. The first-order valence-electron chi connectivity index (χ1n) is 6.97. The van der Waals surface area contributed by atoms with Crippen LogP contribution in [0.15, 0.2) is 0 Å². The molecule has 1 heterocycles. The number of urea groups is 1. The third-order valence-electron chi connectivity index (χ3n) is 4.55. The van der Waals surface area contributed by atoms with Gasteiger partial charge in [-0.05, 0) is 38.5 Å². The van der Waals surface area contributed by atoms with E-state index in [4.69, 9.17) is 5.11 Å². The number of aliphatic carboxylic acids is 1. The molecule has 18 heavy (non-hydrogen) atoms. The normalized spacial score (nSPS) is 33.0. The van der Waals surface area contributed by atoms with E-state index < -0.39 is 5.97 Å². The Balaban J connectivity index is 1.57. The largest absolute Gasteiger partial charge is 0.481 e. The summed E-state index contributed by atoms with van der Waals surface area (Å²) in [5.74, 6) is -0.876. The predicted octanol–water partition coefficient (Wildman–Crippen LogP) is 1.53. The molecular formula is C13H20N2O3. The Bertz CT molecular complexity index is 359. The lowest BCUT2D eigenvalue weighted by Crippen LogP contribution is -2.42. The second-order valence-corrected chi connectivity index (χ2v) is 5.74. The van der Waals surface area contributed by atoms with Gasteiger partial charge in [-0.25, -0.2) is 4.79 Å². The number of hydrogen-bond donors (Lipinski definition) is 1. The van der Waals surface area contributed by atoms with Crippen molar-refractivity contribution in [3.8, 4) is 0 Å². The summed E-state index contributed by atoms with van der Waals surface area (Å²) in [6, 6.07) is 0.964. The molecule has 1 aliphatic heterocycles. The molecule has 2 saturated carbocycles. The van der Waals surface area contributed by atoms with E-state index in [0.29, 0.717) is 18.9 Å². The van der Waals surface area contributed by atoms with E-state index >= 15 is 0 Å². The van der Waals surface area contributed by atoms with Gasteiger partial charge in [0.2, 0.25) is 0 Å². The molecule has 1 saturated heterocycles. The number of nitrogens with zero attached hydrogens (tertiary/aromatic N) is 2. The molecule has 1 N–H and O–H groups in total. The highest BCUT2D eigenvalue weighted by Crippen LogP contribution is 2.34. The topological polar surface area (TPSA) is 60.9 Å². The van der Waals surface area contributed by atoms with E-state index in [-0.39, 0.29) is 18.0 Å². The van der Waals surface area contributed by atoms with E-state index in [9.17, 15) is 9.59 Å². The molecule has 0 aromatic rings. The van der Waals surface area contributed by atoms with Crippen molar-refractivity contribution in [2.75, 3.05) is 13.1 Å². The Kier molecular flexibility index (Phi) is 2.92. The highest BCUT2D eigenvalue weighted by molar-refractivity contribution is 5.77. The van der Waals surface area contributed by atoms with E-state index in [0.717, 1.165) is 38.8 Å². The minimum absolute atomic E-state index is 0.191. The number of carboxylic acids is 1. The van der Waals surface area contributed by atoms with E-state index in [2.05, 4.69) is 0 Å². The molecule has 5 nitrogen and oxygen atoms in total. The first kappa shape index (κ1) is 11.8. The molecule has 100 valence electrons. The summed E-state index contributed by atoms with van der Waals surface area (Å²) in [5, 5.41) is 8.98. The maximum Gasteiger partial charge on any atom is 0.320 e. The first-order chi connectivity index (χ1) is 8.66. The average Bonchev–Trinajstić information content (AvgIpc) is 3.13. The Labute approximate surface area is 107 Å². The SMILES string of the molecule is O=C(O)C1CCC(N2CCN(C3CC3)C2=O)CC1. The molecular weight excluding hydrogens is 232 g/mol. The molecule has 5 heteroatoms. The molecule has 0 atom stereocenters. The maximum atomic E-state index is 12.2. The molecule has 3 fully saturated rings. The lowest BCUT2D eigenvalue weighted by atomic mass is 9.85. The molecule has 0 spiro atoms. The zero-order chi connectivity index (χ0) is 12.7. The van der Waals surface area contributed by atoms with Crippen LogP contribution in [-0.2, 0) is 4.79 Å². The quantitative estimate of drug-likeness (QED) is 0.828. The number of amides is 2. The zero-order valence-electron chi connectivity index (χ0n) is 10.5. The molecule has 0 radical (unpaired) electrons. The van der Waals surface area contributed by atoms with Gasteiger partial charge in [0, 0.05) is 25.2 Å². The lowest BCUT2D eigenvalue weighted by molar-refractivity contribution is -0.143. The average molecular weight is 252 g/mol. The third-order valence-corrected chi connectivity index (χ3v) is 4.55. The highest BCUT2D eigenvalue weighted by atomic mass is 16.4. The lowest BCUT2D eigenvalue weighted by Gasteiger charge is -2.33. The van der Waals surface area contributed by atoms with Crippen LogP contribution in [0.3, 0.4) is 0 Å². The van der Waals surface area contributed by atoms with Crippen LogP contribution in [0, 0.1) is 5.92 Å². The van der Waals surface area contributed by atoms with Crippen molar-refractivity contribution in [2.24, 2.45) is 5.92 Å². The van der Waals surface area contributed by atoms with Crippen LogP contribution in [-0.4, -0.2) is 52.1 Å². The van der Waals surface area contributed by atoms with Crippen LogP contribution in [0.5, 0.6) is 0 Å². The van der Waals surface area contributed by atoms with Gasteiger partial charge in [0.15, 0.2) is 0 Å². The van der Waals surface area contributed by atoms with Gasteiger partial charge in [-0.1, -0.05) is 0 Å². The summed E-state index contributed by atoms with van der Waals surface area (Å²) in [6.45, 7) is 1.69. The molecule has 0 unspecified atom stereocenters. The minimum Gasteiger partial charge on any atom is -0.481 e. The molecule has 3 rings (SSSR count). The minimum atomic E-state index is -0.680. The van der Waals surface area contributed by atoms with Crippen molar-refractivity contribution >= 4 is 12.0 Å². The van der Waals surface area contributed by atoms with Gasteiger partial charge in [-0.2, -0.15) is 0 Å². The van der Waals surface area contributed by atoms with Crippen molar-refractivity contribution in [1.82, 2.24) is 9.80 Å². The third kappa shape index (κ3) is 2.06. The van der Waals surface area contributed by atoms with Crippen LogP contribution in [0.1, 0.15) is 38.5 Å². The zero-order valence-corrected chi connectivity index (χ0v) is 10.5. The van der Waals surface area contributed by atoms with E-state index in [1.54, 1.807) is 0 Å². The summed E-state index contributed by atoms with van der Waals surface area (Å²) in [7, 11) is 0. The highest BCUT2D eigenvalue weighted by Gasteiger charge is 2.42. The first-order valence-corrected chi connectivity index (χ1v) is 6.97. The summed E-state index contributed by atoms with van der Waals surface area (Å²) in [4.78, 5) is 27.1. The van der Waals surface area contributed by atoms with Crippen LogP contribution in [0.4, 0.5) is 4.79 Å². The van der Waals surface area contributed by atoms with E-state index in [1.165, 1.54) is 0 Å². The molecule has 0 bridgehead atoms. The standard InChI is InChI=1S/C13H20N2O3/c16-12(17)9-1-3-10(4-2-9)14-7-8-15(13(14)18)11-5-6-11/h9-11H,1-8H2,(H,16,17). The second-order valence-electron chi connectivity index (χ2n) is 5.74. The molecule has 0 aromatic heterocycles. The van der Waals surface area contributed by atoms with Gasteiger partial charge in [0.05, 0.1) is 5.92 Å². The maximum absolute atomic E-state index is 12.2. The van der Waals surface area contributed by atoms with Crippen molar-refractivity contribution in [1.29, 1.82) is 0 Å². The van der Waals surface area contributed by atoms with Crippen molar-refractivity contribution < 1.29 is 14.7 Å². The van der Waals surface area contributed by atoms with Gasteiger partial charge in [0.25, 0.3) is 0 Å². The smallest absolute Gasteiger partial charge is 0.320 e. The van der Waals surface area contributed by atoms with Crippen LogP contribution in [0.2, 0.25) is 0 Å². The summed E-state index contributed by atoms with van der Waals surface area (Å²) >= 11 is 0. The summed E-state index contributed by atoms with van der Waals surface area (Å²) in [5.41, 5.74) is 0. The monoisotopic (exact) mass is 252 g/mol. The van der Waals surface area contributed by atoms with Gasteiger partial charge >= 0.3 is 12.0 Å². The van der Waals surface area contributed by atoms with Crippen molar-refractivity contribution in [2.45, 2.75) is 50.6 Å². The molecule has 2 amide bonds. The predicted molar refractivity (Wildman–Crippen MR) is 65.2 cm³/mol. The Hall–Kier alpha value is -1.26. The Morgan fingerprint density at radius 3 is 1.78 bits per heavy atom. The number of carboxylic acid groups (broad SMARTS) is 1. The van der Waals surface area contributed by atoms with Gasteiger partial charge in [-0.15, -0.1) is 0 Å². The number of hydrogen-bond acceptors (Lipinski definition) is 2. The fraction of sp³-hybridized carbons (Fsp3) is 0.846. The van der Waals surface area contributed by atoms with Crippen LogP contribution in [0.25, 0.3) is 0 Å². The van der Waals surface area contributed by atoms with Crippen LogP contribution >= 0.6 is 0 Å². The molecule has 0 aromatic carbocycles. The molecule has 3 aliphatic rings. The second kappa shape index (κ2) is 4.44. The van der Waals surface area contributed by atoms with E-state index in [1.807, 2.05) is 9.80 Å². The number of carbonyl (C=O) groups excluding carboxylic acids is 1. The van der Waals surface area contributed by atoms with Gasteiger partial charge in [0.1, 0.15) is 0 Å². The Morgan fingerprint density at radius 1 is 0.944 bits per heavy atom. The molecule has 2 aliphatic carbocycles. The van der Waals surface area contributed by atoms with Crippen molar-refractivity contribution in [3.63, 3.8) is 0 Å². The fourth-order valence-corrected chi connectivity index (χ4v) is 3.27. The number of carbonyl (C=O) groups is 2. The van der Waals surface area contributed by atoms with Crippen LogP contribution < -0.4 is 0 Å². The Morgan fingerprint density at radius 2 is 1.39 bits per heavy atom. The van der Waals surface area contributed by atoms with Crippen molar-refractivity contribution in [3.05, 3.63) is 0 Å². The fourth-order valence-electron chi connectivity index (χ4n) is 3.27. The number of rotatable bonds is 3. The summed E-state index contributed by atoms with van der Waals surface area (Å²) < 4.78 is 0. The van der Waals surface area contributed by atoms with Gasteiger partial charge < -0.3 is 14.9 Å². The van der Waals surface area contributed by atoms with Gasteiger partial charge in [-0.3, -0.25) is 4.79 Å².